The number of carbonyl (C=O) groups is 1. The van der Waals surface area contributed by atoms with E-state index in [1.807, 2.05) is 36.4 Å². The summed E-state index contributed by atoms with van der Waals surface area (Å²) in [4.78, 5) is 16.4. The molecule has 128 valence electrons. The number of nitrogens with one attached hydrogen (secondary N) is 1. The molecule has 0 atom stereocenters. The van der Waals surface area contributed by atoms with Crippen molar-refractivity contribution in [1.82, 2.24) is 4.98 Å². The molecule has 25 heavy (non-hydrogen) atoms. The van der Waals surface area contributed by atoms with Gasteiger partial charge in [0.15, 0.2) is 5.76 Å². The number of thioether (sulfide) groups is 1. The first kappa shape index (κ1) is 17.6. The van der Waals surface area contributed by atoms with Gasteiger partial charge in [-0.3, -0.25) is 4.79 Å². The smallest absolute Gasteiger partial charge is 0.256 e. The van der Waals surface area contributed by atoms with E-state index in [4.69, 9.17) is 16.0 Å². The number of hydrogen-bond donors (Lipinski definition) is 1. The third-order valence-electron chi connectivity index (χ3n) is 3.61. The highest BCUT2D eigenvalue weighted by atomic mass is 35.5. The Labute approximate surface area is 155 Å². The molecule has 0 unspecified atom stereocenters. The van der Waals surface area contributed by atoms with Crippen LogP contribution in [0.15, 0.2) is 64.4 Å². The number of rotatable bonds is 6. The normalized spacial score (nSPS) is 10.6. The number of carbonyl (C=O) groups excluding carboxylic acids is 1. The van der Waals surface area contributed by atoms with Gasteiger partial charge in [-0.25, -0.2) is 4.98 Å². The van der Waals surface area contributed by atoms with Crippen molar-refractivity contribution in [2.24, 2.45) is 0 Å². The Kier molecular flexibility index (Phi) is 5.79. The number of aryl methyl sites for hydroxylation is 1. The van der Waals surface area contributed by atoms with Crippen molar-refractivity contribution in [2.45, 2.75) is 18.6 Å². The Morgan fingerprint density at radius 3 is 2.72 bits per heavy atom. The number of nitrogens with zero attached hydrogens (tertiary/aromatic N) is 1. The van der Waals surface area contributed by atoms with Gasteiger partial charge in [0, 0.05) is 16.3 Å². The van der Waals surface area contributed by atoms with E-state index < -0.39 is 0 Å². The summed E-state index contributed by atoms with van der Waals surface area (Å²) >= 11 is 7.15. The first-order valence-electron chi connectivity index (χ1n) is 7.88. The number of halogens is 1. The molecule has 0 aliphatic carbocycles. The summed E-state index contributed by atoms with van der Waals surface area (Å²) in [5, 5.41) is 4.06. The molecule has 3 rings (SSSR count). The number of hydrogen-bond acceptors (Lipinski definition) is 4. The highest BCUT2D eigenvalue weighted by molar-refractivity contribution is 7.99. The highest BCUT2D eigenvalue weighted by Gasteiger charge is 2.11. The van der Waals surface area contributed by atoms with Crippen LogP contribution in [-0.2, 0) is 11.2 Å². The molecule has 3 aromatic rings. The molecule has 0 radical (unpaired) electrons. The molecule has 0 saturated heterocycles. The molecule has 1 N–H and O–H groups in total. The molecule has 0 spiro atoms. The van der Waals surface area contributed by atoms with Crippen LogP contribution in [0, 0.1) is 0 Å². The van der Waals surface area contributed by atoms with Gasteiger partial charge in [-0.15, -0.1) is 0 Å². The van der Waals surface area contributed by atoms with Crippen LogP contribution in [0.2, 0.25) is 5.02 Å². The van der Waals surface area contributed by atoms with Crippen molar-refractivity contribution >= 4 is 35.0 Å². The number of anilines is 1. The molecule has 0 aliphatic heterocycles. The number of para-hydroxylation sites is 1. The highest BCUT2D eigenvalue weighted by Crippen LogP contribution is 2.26. The maximum absolute atomic E-state index is 12.2. The molecule has 4 nitrogen and oxygen atoms in total. The van der Waals surface area contributed by atoms with E-state index in [-0.39, 0.29) is 11.7 Å². The number of oxazole rings is 1. The van der Waals surface area contributed by atoms with Crippen LogP contribution in [0.3, 0.4) is 0 Å². The minimum Gasteiger partial charge on any atom is -0.431 e. The third kappa shape index (κ3) is 4.65. The Bertz CT molecular complexity index is 862. The van der Waals surface area contributed by atoms with Gasteiger partial charge in [-0.1, -0.05) is 48.5 Å². The third-order valence-corrected chi connectivity index (χ3v) is 4.71. The molecule has 1 aromatic heterocycles. The summed E-state index contributed by atoms with van der Waals surface area (Å²) in [7, 11) is 0. The first-order valence-corrected chi connectivity index (χ1v) is 9.24. The second-order valence-electron chi connectivity index (χ2n) is 5.34. The molecule has 0 aliphatic rings. The molecule has 1 heterocycles. The van der Waals surface area contributed by atoms with Gasteiger partial charge < -0.3 is 9.73 Å². The van der Waals surface area contributed by atoms with Gasteiger partial charge in [-0.2, -0.15) is 0 Å². The standard InChI is InChI=1S/C19H17ClN2O2S/c1-2-13-5-3-4-6-16(13)22-18(23)12-25-19-21-11-17(24-19)14-7-9-15(20)10-8-14/h3-11H,2,12H2,1H3,(H,22,23). The summed E-state index contributed by atoms with van der Waals surface area (Å²) < 4.78 is 5.68. The van der Waals surface area contributed by atoms with Crippen molar-refractivity contribution < 1.29 is 9.21 Å². The molecule has 0 saturated carbocycles. The number of aromatic nitrogens is 1. The largest absolute Gasteiger partial charge is 0.431 e. The van der Waals surface area contributed by atoms with E-state index in [0.29, 0.717) is 16.0 Å². The van der Waals surface area contributed by atoms with Crippen molar-refractivity contribution in [3.05, 3.63) is 65.3 Å². The molecular weight excluding hydrogens is 356 g/mol. The lowest BCUT2D eigenvalue weighted by Gasteiger charge is -2.08. The molecule has 1 amide bonds. The fourth-order valence-corrected chi connectivity index (χ4v) is 3.07. The summed E-state index contributed by atoms with van der Waals surface area (Å²) in [5.74, 6) is 0.798. The van der Waals surface area contributed by atoms with Gasteiger partial charge in [0.05, 0.1) is 11.9 Å². The zero-order chi connectivity index (χ0) is 17.6. The molecule has 6 heteroatoms. The molecule has 2 aromatic carbocycles. The van der Waals surface area contributed by atoms with Crippen molar-refractivity contribution in [3.63, 3.8) is 0 Å². The molecule has 0 bridgehead atoms. The number of amides is 1. The first-order chi connectivity index (χ1) is 12.2. The quantitative estimate of drug-likeness (QED) is 0.597. The number of benzene rings is 2. The maximum atomic E-state index is 12.2. The fraction of sp³-hybridized carbons (Fsp3) is 0.158. The van der Waals surface area contributed by atoms with Crippen LogP contribution >= 0.6 is 23.4 Å². The van der Waals surface area contributed by atoms with E-state index in [0.717, 1.165) is 23.2 Å². The summed E-state index contributed by atoms with van der Waals surface area (Å²) in [6, 6.07) is 15.1. The van der Waals surface area contributed by atoms with E-state index >= 15 is 0 Å². The van der Waals surface area contributed by atoms with Gasteiger partial charge in [0.1, 0.15) is 0 Å². The Hall–Kier alpha value is -2.24. The van der Waals surface area contributed by atoms with E-state index in [2.05, 4.69) is 17.2 Å². The Morgan fingerprint density at radius 2 is 1.96 bits per heavy atom. The average Bonchev–Trinajstić information content (AvgIpc) is 3.10. The summed E-state index contributed by atoms with van der Waals surface area (Å²) in [6.07, 6.45) is 2.52. The van der Waals surface area contributed by atoms with Crippen molar-refractivity contribution in [1.29, 1.82) is 0 Å². The predicted octanol–water partition coefficient (Wildman–Crippen LogP) is 5.29. The van der Waals surface area contributed by atoms with Crippen LogP contribution in [0.5, 0.6) is 0 Å². The molecular formula is C19H17ClN2O2S. The lowest BCUT2D eigenvalue weighted by Crippen LogP contribution is -2.15. The monoisotopic (exact) mass is 372 g/mol. The van der Waals surface area contributed by atoms with Crippen LogP contribution in [-0.4, -0.2) is 16.6 Å². The summed E-state index contributed by atoms with van der Waals surface area (Å²) in [6.45, 7) is 2.06. The zero-order valence-electron chi connectivity index (χ0n) is 13.7. The Balaban J connectivity index is 1.58. The van der Waals surface area contributed by atoms with Crippen LogP contribution in [0.1, 0.15) is 12.5 Å². The SMILES string of the molecule is CCc1ccccc1NC(=O)CSc1ncc(-c2ccc(Cl)cc2)o1. The minimum atomic E-state index is -0.0860. The van der Waals surface area contributed by atoms with Crippen LogP contribution in [0.25, 0.3) is 11.3 Å². The second-order valence-corrected chi connectivity index (χ2v) is 6.71. The fourth-order valence-electron chi connectivity index (χ4n) is 2.34. The van der Waals surface area contributed by atoms with E-state index in [1.54, 1.807) is 18.3 Å². The second kappa shape index (κ2) is 8.23. The van der Waals surface area contributed by atoms with Gasteiger partial charge >= 0.3 is 0 Å². The maximum Gasteiger partial charge on any atom is 0.256 e. The van der Waals surface area contributed by atoms with Gasteiger partial charge in [0.25, 0.3) is 5.22 Å². The van der Waals surface area contributed by atoms with Crippen molar-refractivity contribution in [2.75, 3.05) is 11.1 Å². The molecule has 0 fully saturated rings. The summed E-state index contributed by atoms with van der Waals surface area (Å²) in [5.41, 5.74) is 2.86. The van der Waals surface area contributed by atoms with Gasteiger partial charge in [-0.05, 0) is 42.3 Å². The van der Waals surface area contributed by atoms with Crippen LogP contribution < -0.4 is 5.32 Å². The Morgan fingerprint density at radius 1 is 1.20 bits per heavy atom. The van der Waals surface area contributed by atoms with E-state index in [9.17, 15) is 4.79 Å². The van der Waals surface area contributed by atoms with Gasteiger partial charge in [0.2, 0.25) is 5.91 Å². The average molecular weight is 373 g/mol. The topological polar surface area (TPSA) is 55.1 Å². The van der Waals surface area contributed by atoms with Crippen molar-refractivity contribution in [3.8, 4) is 11.3 Å². The van der Waals surface area contributed by atoms with E-state index in [1.165, 1.54) is 11.8 Å². The zero-order valence-corrected chi connectivity index (χ0v) is 15.2. The van der Waals surface area contributed by atoms with Crippen LogP contribution in [0.4, 0.5) is 5.69 Å². The minimum absolute atomic E-state index is 0.0860. The lowest BCUT2D eigenvalue weighted by molar-refractivity contribution is -0.113. The predicted molar refractivity (Wildman–Crippen MR) is 102 cm³/mol. The lowest BCUT2D eigenvalue weighted by atomic mass is 10.1.